The van der Waals surface area contributed by atoms with Gasteiger partial charge in [0.15, 0.2) is 11.5 Å². The molecular formula is C11H14N6O. The van der Waals surface area contributed by atoms with Gasteiger partial charge in [0, 0.05) is 0 Å². The first-order chi connectivity index (χ1) is 8.63. The zero-order valence-electron chi connectivity index (χ0n) is 10.1. The number of hydrogen-bond donors (Lipinski definition) is 3. The standard InChI is InChI=1S/C11H14N6O/c1-6-4-3-5-7(18-2)8(6)14-15-9-10(12)16-17-11(9)13/h3-5H,1-2H3,(H5,12,13,16,17). The van der Waals surface area contributed by atoms with Crippen molar-refractivity contribution in [2.45, 2.75) is 6.92 Å². The Morgan fingerprint density at radius 3 is 2.56 bits per heavy atom. The van der Waals surface area contributed by atoms with Gasteiger partial charge in [-0.3, -0.25) is 5.10 Å². The van der Waals surface area contributed by atoms with Crippen molar-refractivity contribution in [3.05, 3.63) is 23.8 Å². The number of aromatic nitrogens is 2. The molecule has 0 atom stereocenters. The molecule has 2 rings (SSSR count). The van der Waals surface area contributed by atoms with E-state index in [1.807, 2.05) is 25.1 Å². The maximum absolute atomic E-state index is 5.63. The molecule has 7 heteroatoms. The maximum Gasteiger partial charge on any atom is 0.175 e. The van der Waals surface area contributed by atoms with Crippen LogP contribution in [-0.4, -0.2) is 17.3 Å². The van der Waals surface area contributed by atoms with E-state index in [2.05, 4.69) is 20.4 Å². The van der Waals surface area contributed by atoms with Gasteiger partial charge in [0.1, 0.15) is 17.3 Å². The third-order valence-corrected chi connectivity index (χ3v) is 2.47. The van der Waals surface area contributed by atoms with E-state index >= 15 is 0 Å². The number of rotatable bonds is 3. The van der Waals surface area contributed by atoms with E-state index in [9.17, 15) is 0 Å². The predicted molar refractivity (Wildman–Crippen MR) is 69.3 cm³/mol. The topological polar surface area (TPSA) is 115 Å². The first-order valence-electron chi connectivity index (χ1n) is 5.28. The molecule has 0 amide bonds. The van der Waals surface area contributed by atoms with Gasteiger partial charge < -0.3 is 16.2 Å². The van der Waals surface area contributed by atoms with E-state index in [0.29, 0.717) is 17.1 Å². The Morgan fingerprint density at radius 2 is 1.94 bits per heavy atom. The van der Waals surface area contributed by atoms with Crippen molar-refractivity contribution in [2.24, 2.45) is 10.2 Å². The number of nitrogens with two attached hydrogens (primary N) is 2. The minimum Gasteiger partial charge on any atom is -0.494 e. The molecule has 0 aliphatic heterocycles. The van der Waals surface area contributed by atoms with Gasteiger partial charge in [-0.25, -0.2) is 0 Å². The van der Waals surface area contributed by atoms with Crippen molar-refractivity contribution in [3.63, 3.8) is 0 Å². The summed E-state index contributed by atoms with van der Waals surface area (Å²) >= 11 is 0. The molecule has 94 valence electrons. The first kappa shape index (κ1) is 11.9. The molecule has 5 N–H and O–H groups in total. The lowest BCUT2D eigenvalue weighted by Crippen LogP contribution is -1.86. The van der Waals surface area contributed by atoms with Crippen molar-refractivity contribution in [3.8, 4) is 5.75 Å². The third kappa shape index (κ3) is 2.10. The zero-order chi connectivity index (χ0) is 13.1. The van der Waals surface area contributed by atoms with Crippen molar-refractivity contribution in [2.75, 3.05) is 18.6 Å². The summed E-state index contributed by atoms with van der Waals surface area (Å²) < 4.78 is 5.22. The summed E-state index contributed by atoms with van der Waals surface area (Å²) in [6.07, 6.45) is 0. The molecule has 1 heterocycles. The van der Waals surface area contributed by atoms with Crippen LogP contribution >= 0.6 is 0 Å². The second-order valence-electron chi connectivity index (χ2n) is 3.70. The normalized spacial score (nSPS) is 11.0. The Kier molecular flexibility index (Phi) is 3.13. The SMILES string of the molecule is COc1cccc(C)c1N=Nc1c(N)n[nH]c1N. The number of anilines is 2. The average molecular weight is 246 g/mol. The number of methoxy groups -OCH3 is 1. The van der Waals surface area contributed by atoms with E-state index in [1.165, 1.54) is 0 Å². The molecule has 0 radical (unpaired) electrons. The lowest BCUT2D eigenvalue weighted by Gasteiger charge is -2.05. The zero-order valence-corrected chi connectivity index (χ0v) is 10.1. The monoisotopic (exact) mass is 246 g/mol. The Hall–Kier alpha value is -2.57. The highest BCUT2D eigenvalue weighted by molar-refractivity contribution is 5.70. The first-order valence-corrected chi connectivity index (χ1v) is 5.28. The van der Waals surface area contributed by atoms with Crippen molar-refractivity contribution < 1.29 is 4.74 Å². The molecule has 1 aromatic heterocycles. The highest BCUT2D eigenvalue weighted by Crippen LogP contribution is 2.34. The second-order valence-corrected chi connectivity index (χ2v) is 3.70. The molecule has 0 aliphatic carbocycles. The smallest absolute Gasteiger partial charge is 0.175 e. The van der Waals surface area contributed by atoms with Crippen LogP contribution < -0.4 is 16.2 Å². The van der Waals surface area contributed by atoms with Crippen LogP contribution in [0.1, 0.15) is 5.56 Å². The van der Waals surface area contributed by atoms with Gasteiger partial charge >= 0.3 is 0 Å². The molecule has 1 aromatic carbocycles. The van der Waals surface area contributed by atoms with Crippen LogP contribution in [0, 0.1) is 6.92 Å². The van der Waals surface area contributed by atoms with Gasteiger partial charge in [-0.2, -0.15) is 5.10 Å². The van der Waals surface area contributed by atoms with Crippen molar-refractivity contribution >= 4 is 23.0 Å². The van der Waals surface area contributed by atoms with Crippen molar-refractivity contribution in [1.82, 2.24) is 10.2 Å². The fraction of sp³-hybridized carbons (Fsp3) is 0.182. The highest BCUT2D eigenvalue weighted by atomic mass is 16.5. The lowest BCUT2D eigenvalue weighted by atomic mass is 10.2. The fourth-order valence-corrected chi connectivity index (χ4v) is 1.49. The van der Waals surface area contributed by atoms with E-state index in [4.69, 9.17) is 16.2 Å². The van der Waals surface area contributed by atoms with Crippen LogP contribution in [0.4, 0.5) is 23.0 Å². The van der Waals surface area contributed by atoms with Crippen molar-refractivity contribution in [1.29, 1.82) is 0 Å². The van der Waals surface area contributed by atoms with Crippen LogP contribution in [0.15, 0.2) is 28.4 Å². The van der Waals surface area contributed by atoms with Gasteiger partial charge in [-0.15, -0.1) is 10.2 Å². The van der Waals surface area contributed by atoms with E-state index < -0.39 is 0 Å². The number of azo groups is 1. The summed E-state index contributed by atoms with van der Waals surface area (Å²) in [6.45, 7) is 1.92. The van der Waals surface area contributed by atoms with Crippen LogP contribution in [-0.2, 0) is 0 Å². The summed E-state index contributed by atoms with van der Waals surface area (Å²) in [5, 5.41) is 14.4. The Bertz CT molecular complexity index is 570. The minimum atomic E-state index is 0.212. The average Bonchev–Trinajstić information content (AvgIpc) is 2.68. The highest BCUT2D eigenvalue weighted by Gasteiger charge is 2.08. The molecule has 0 saturated heterocycles. The molecule has 0 spiro atoms. The summed E-state index contributed by atoms with van der Waals surface area (Å²) in [7, 11) is 1.58. The second kappa shape index (κ2) is 4.74. The van der Waals surface area contributed by atoms with Crippen LogP contribution in [0.25, 0.3) is 0 Å². The molecule has 7 nitrogen and oxygen atoms in total. The molecule has 0 saturated carbocycles. The molecule has 0 unspecified atom stereocenters. The number of nitrogens with zero attached hydrogens (tertiary/aromatic N) is 3. The number of aromatic amines is 1. The van der Waals surface area contributed by atoms with Gasteiger partial charge in [0.2, 0.25) is 0 Å². The summed E-state index contributed by atoms with van der Waals surface area (Å²) in [5.41, 5.74) is 13.2. The quantitative estimate of drug-likeness (QED) is 0.720. The molecular weight excluding hydrogens is 232 g/mol. The van der Waals surface area contributed by atoms with E-state index in [-0.39, 0.29) is 11.6 Å². The Labute approximate surface area is 104 Å². The number of benzene rings is 1. The van der Waals surface area contributed by atoms with E-state index in [1.54, 1.807) is 7.11 Å². The summed E-state index contributed by atoms with van der Waals surface area (Å²) in [4.78, 5) is 0. The summed E-state index contributed by atoms with van der Waals surface area (Å²) in [6, 6.07) is 5.61. The van der Waals surface area contributed by atoms with Crippen LogP contribution in [0.2, 0.25) is 0 Å². The molecule has 0 fully saturated rings. The maximum atomic E-state index is 5.63. The number of nitrogen functional groups attached to an aromatic ring is 2. The number of hydrogen-bond acceptors (Lipinski definition) is 6. The van der Waals surface area contributed by atoms with Gasteiger partial charge in [-0.1, -0.05) is 12.1 Å². The number of ether oxygens (including phenoxy) is 1. The van der Waals surface area contributed by atoms with Crippen LogP contribution in [0.5, 0.6) is 5.75 Å². The van der Waals surface area contributed by atoms with Crippen LogP contribution in [0.3, 0.4) is 0 Å². The largest absolute Gasteiger partial charge is 0.494 e. The van der Waals surface area contributed by atoms with E-state index in [0.717, 1.165) is 5.56 Å². The minimum absolute atomic E-state index is 0.212. The summed E-state index contributed by atoms with van der Waals surface area (Å²) in [5.74, 6) is 1.13. The van der Waals surface area contributed by atoms with Gasteiger partial charge in [0.05, 0.1) is 7.11 Å². The Morgan fingerprint density at radius 1 is 1.22 bits per heavy atom. The Balaban J connectivity index is 2.40. The predicted octanol–water partition coefficient (Wildman–Crippen LogP) is 2.31. The fourth-order valence-electron chi connectivity index (χ4n) is 1.49. The van der Waals surface area contributed by atoms with Gasteiger partial charge in [0.25, 0.3) is 0 Å². The number of nitrogens with one attached hydrogen (secondary N) is 1. The number of aryl methyl sites for hydroxylation is 1. The molecule has 0 bridgehead atoms. The lowest BCUT2D eigenvalue weighted by molar-refractivity contribution is 0.415. The molecule has 2 aromatic rings. The molecule has 0 aliphatic rings. The molecule has 18 heavy (non-hydrogen) atoms. The third-order valence-electron chi connectivity index (χ3n) is 2.47. The van der Waals surface area contributed by atoms with Gasteiger partial charge in [-0.05, 0) is 18.6 Å². The number of H-pyrrole nitrogens is 1.